The molecule has 1 saturated carbocycles. The minimum Gasteiger partial charge on any atom is -0.374 e. The van der Waals surface area contributed by atoms with Gasteiger partial charge in [0.25, 0.3) is 0 Å². The summed E-state index contributed by atoms with van der Waals surface area (Å²) in [5.74, 6) is 6.14. The van der Waals surface area contributed by atoms with Gasteiger partial charge in [0.1, 0.15) is 0 Å². The third-order valence-electron chi connectivity index (χ3n) is 2.99. The maximum atomic E-state index is 5.59. The van der Waals surface area contributed by atoms with Gasteiger partial charge in [-0.15, -0.1) is 0 Å². The lowest BCUT2D eigenvalue weighted by molar-refractivity contribution is -0.00220. The van der Waals surface area contributed by atoms with Crippen molar-refractivity contribution in [2.24, 2.45) is 10.8 Å². The molecule has 0 spiro atoms. The topological polar surface area (TPSA) is 71.7 Å². The Morgan fingerprint density at radius 2 is 2.06 bits per heavy atom. The van der Waals surface area contributed by atoms with Crippen LogP contribution in [0.25, 0.3) is 0 Å². The summed E-state index contributed by atoms with van der Waals surface area (Å²) in [6.07, 6.45) is 4.99. The molecule has 0 aliphatic heterocycles. The van der Waals surface area contributed by atoms with Gasteiger partial charge in [-0.05, 0) is 33.6 Å². The van der Waals surface area contributed by atoms with E-state index >= 15 is 0 Å². The predicted octanol–water partition coefficient (Wildman–Crippen LogP) is 1.15. The molecule has 5 nitrogen and oxygen atoms in total. The summed E-state index contributed by atoms with van der Waals surface area (Å²) in [6.45, 7) is 7.35. The van der Waals surface area contributed by atoms with Crippen LogP contribution in [-0.2, 0) is 4.74 Å². The van der Waals surface area contributed by atoms with E-state index in [4.69, 9.17) is 10.6 Å². The molecule has 5 heteroatoms. The fourth-order valence-corrected chi connectivity index (χ4v) is 2.10. The van der Waals surface area contributed by atoms with Crippen molar-refractivity contribution < 1.29 is 4.74 Å². The number of hydrazine groups is 1. The standard InChI is InChI=1S/C12H26N4O/c1-4-17-12(2,3)9-14-11(16-13)15-10-7-5-6-8-10/h10H,4-9,13H2,1-3H3,(H2,14,15,16). The Bertz CT molecular complexity index is 247. The fourth-order valence-electron chi connectivity index (χ4n) is 2.10. The number of ether oxygens (including phenoxy) is 1. The van der Waals surface area contributed by atoms with Crippen LogP contribution < -0.4 is 16.6 Å². The third-order valence-corrected chi connectivity index (χ3v) is 2.99. The van der Waals surface area contributed by atoms with Crippen molar-refractivity contribution in [2.75, 3.05) is 13.2 Å². The monoisotopic (exact) mass is 242 g/mol. The molecule has 17 heavy (non-hydrogen) atoms. The van der Waals surface area contributed by atoms with E-state index in [1.54, 1.807) is 0 Å². The second kappa shape index (κ2) is 6.81. The number of guanidine groups is 1. The third kappa shape index (κ3) is 5.37. The normalized spacial score (nSPS) is 18.5. The van der Waals surface area contributed by atoms with Gasteiger partial charge >= 0.3 is 0 Å². The molecule has 1 aliphatic rings. The predicted molar refractivity (Wildman–Crippen MR) is 70.7 cm³/mol. The summed E-state index contributed by atoms with van der Waals surface area (Å²) in [4.78, 5) is 4.44. The highest BCUT2D eigenvalue weighted by molar-refractivity contribution is 5.79. The molecule has 1 aliphatic carbocycles. The number of nitrogens with zero attached hydrogens (tertiary/aromatic N) is 1. The summed E-state index contributed by atoms with van der Waals surface area (Å²) in [5.41, 5.74) is 2.39. The van der Waals surface area contributed by atoms with E-state index < -0.39 is 0 Å². The van der Waals surface area contributed by atoms with Crippen LogP contribution in [0.15, 0.2) is 4.99 Å². The fraction of sp³-hybridized carbons (Fsp3) is 0.917. The number of rotatable bonds is 5. The summed E-state index contributed by atoms with van der Waals surface area (Å²) < 4.78 is 5.59. The Labute approximate surface area is 104 Å². The number of hydrogen-bond acceptors (Lipinski definition) is 3. The zero-order valence-electron chi connectivity index (χ0n) is 11.3. The van der Waals surface area contributed by atoms with Gasteiger partial charge < -0.3 is 10.1 Å². The van der Waals surface area contributed by atoms with E-state index in [0.29, 0.717) is 25.2 Å². The van der Waals surface area contributed by atoms with Crippen LogP contribution in [0, 0.1) is 0 Å². The van der Waals surface area contributed by atoms with Crippen LogP contribution in [0.3, 0.4) is 0 Å². The zero-order chi connectivity index (χ0) is 12.7. The second-order valence-corrected chi connectivity index (χ2v) is 5.13. The number of hydrogen-bond donors (Lipinski definition) is 3. The Balaban J connectivity index is 2.42. The van der Waals surface area contributed by atoms with Gasteiger partial charge in [0, 0.05) is 12.6 Å². The van der Waals surface area contributed by atoms with E-state index in [1.807, 2.05) is 20.8 Å². The van der Waals surface area contributed by atoms with E-state index in [-0.39, 0.29) is 5.60 Å². The molecular formula is C12H26N4O. The van der Waals surface area contributed by atoms with Gasteiger partial charge in [-0.25, -0.2) is 10.8 Å². The molecule has 0 atom stereocenters. The van der Waals surface area contributed by atoms with Gasteiger partial charge in [0.05, 0.1) is 12.1 Å². The molecule has 0 radical (unpaired) electrons. The molecule has 0 unspecified atom stereocenters. The first-order chi connectivity index (χ1) is 8.07. The molecule has 1 fully saturated rings. The van der Waals surface area contributed by atoms with Gasteiger partial charge in [0.2, 0.25) is 5.96 Å². The molecule has 0 aromatic carbocycles. The van der Waals surface area contributed by atoms with Gasteiger partial charge in [-0.3, -0.25) is 5.43 Å². The maximum Gasteiger partial charge on any atom is 0.206 e. The SMILES string of the molecule is CCOC(C)(C)CN=C(NN)NC1CCCC1. The van der Waals surface area contributed by atoms with Crippen molar-refractivity contribution in [1.82, 2.24) is 10.7 Å². The first-order valence-corrected chi connectivity index (χ1v) is 6.49. The molecule has 0 heterocycles. The van der Waals surface area contributed by atoms with Crippen LogP contribution >= 0.6 is 0 Å². The van der Waals surface area contributed by atoms with Gasteiger partial charge in [-0.2, -0.15) is 0 Å². The molecular weight excluding hydrogens is 216 g/mol. The van der Waals surface area contributed by atoms with Crippen molar-refractivity contribution in [1.29, 1.82) is 0 Å². The average molecular weight is 242 g/mol. The number of aliphatic imine (C=N–C) groups is 1. The second-order valence-electron chi connectivity index (χ2n) is 5.13. The van der Waals surface area contributed by atoms with Crippen LogP contribution in [0.5, 0.6) is 0 Å². The van der Waals surface area contributed by atoms with Crippen LogP contribution in [0.1, 0.15) is 46.5 Å². The molecule has 100 valence electrons. The molecule has 0 aromatic rings. The number of nitrogens with one attached hydrogen (secondary N) is 2. The Morgan fingerprint density at radius 1 is 1.41 bits per heavy atom. The largest absolute Gasteiger partial charge is 0.374 e. The lowest BCUT2D eigenvalue weighted by Gasteiger charge is -2.23. The highest BCUT2D eigenvalue weighted by Gasteiger charge is 2.19. The Hall–Kier alpha value is -0.810. The quantitative estimate of drug-likeness (QED) is 0.293. The minimum atomic E-state index is -0.242. The van der Waals surface area contributed by atoms with E-state index in [1.165, 1.54) is 25.7 Å². The molecule has 0 amide bonds. The summed E-state index contributed by atoms with van der Waals surface area (Å²) in [6, 6.07) is 0.514. The van der Waals surface area contributed by atoms with Crippen LogP contribution in [-0.4, -0.2) is 30.8 Å². The van der Waals surface area contributed by atoms with Crippen LogP contribution in [0.2, 0.25) is 0 Å². The zero-order valence-corrected chi connectivity index (χ0v) is 11.3. The molecule has 1 rings (SSSR count). The Kier molecular flexibility index (Phi) is 5.71. The lowest BCUT2D eigenvalue weighted by Crippen LogP contribution is -2.46. The van der Waals surface area contributed by atoms with Crippen molar-refractivity contribution in [3.8, 4) is 0 Å². The molecule has 0 bridgehead atoms. The van der Waals surface area contributed by atoms with E-state index in [9.17, 15) is 0 Å². The van der Waals surface area contributed by atoms with Crippen molar-refractivity contribution in [2.45, 2.75) is 58.1 Å². The summed E-state index contributed by atoms with van der Waals surface area (Å²) in [5, 5.41) is 3.34. The molecule has 4 N–H and O–H groups in total. The van der Waals surface area contributed by atoms with Crippen molar-refractivity contribution in [3.63, 3.8) is 0 Å². The van der Waals surface area contributed by atoms with E-state index in [2.05, 4.69) is 15.7 Å². The minimum absolute atomic E-state index is 0.242. The van der Waals surface area contributed by atoms with E-state index in [0.717, 1.165) is 0 Å². The maximum absolute atomic E-state index is 5.59. The molecule has 0 saturated heterocycles. The van der Waals surface area contributed by atoms with Crippen LogP contribution in [0.4, 0.5) is 0 Å². The first kappa shape index (κ1) is 14.3. The highest BCUT2D eigenvalue weighted by atomic mass is 16.5. The summed E-state index contributed by atoms with van der Waals surface area (Å²) in [7, 11) is 0. The average Bonchev–Trinajstić information content (AvgIpc) is 2.76. The lowest BCUT2D eigenvalue weighted by atomic mass is 10.1. The molecule has 0 aromatic heterocycles. The van der Waals surface area contributed by atoms with Gasteiger partial charge in [-0.1, -0.05) is 12.8 Å². The summed E-state index contributed by atoms with van der Waals surface area (Å²) >= 11 is 0. The number of nitrogens with two attached hydrogens (primary N) is 1. The Morgan fingerprint density at radius 3 is 2.59 bits per heavy atom. The first-order valence-electron chi connectivity index (χ1n) is 6.49. The highest BCUT2D eigenvalue weighted by Crippen LogP contribution is 2.17. The van der Waals surface area contributed by atoms with Crippen molar-refractivity contribution >= 4 is 5.96 Å². The van der Waals surface area contributed by atoms with Gasteiger partial charge in [0.15, 0.2) is 0 Å². The smallest absolute Gasteiger partial charge is 0.206 e. The van der Waals surface area contributed by atoms with Crippen molar-refractivity contribution in [3.05, 3.63) is 0 Å².